The van der Waals surface area contributed by atoms with E-state index in [0.717, 1.165) is 25.2 Å². The van der Waals surface area contributed by atoms with Crippen LogP contribution >= 0.6 is 33.9 Å². The van der Waals surface area contributed by atoms with Crippen LogP contribution in [0.3, 0.4) is 0 Å². The Balaban J connectivity index is 1.56. The Hall–Kier alpha value is -2.08. The third-order valence-electron chi connectivity index (χ3n) is 5.58. The van der Waals surface area contributed by atoms with Gasteiger partial charge in [-0.05, 0) is 75.4 Å². The first-order valence-electron chi connectivity index (χ1n) is 11.0. The number of hydrogen-bond acceptors (Lipinski definition) is 7. The molecule has 8 nitrogen and oxygen atoms in total. The molecule has 1 aliphatic rings. The van der Waals surface area contributed by atoms with E-state index in [2.05, 4.69) is 58.6 Å². The molecule has 0 aliphatic carbocycles. The van der Waals surface area contributed by atoms with Crippen molar-refractivity contribution in [3.8, 4) is 5.19 Å². The zero-order valence-corrected chi connectivity index (χ0v) is 22.8. The van der Waals surface area contributed by atoms with Crippen molar-refractivity contribution < 1.29 is 14.3 Å². The van der Waals surface area contributed by atoms with Gasteiger partial charge in [-0.25, -0.2) is 9.78 Å². The van der Waals surface area contributed by atoms with Gasteiger partial charge in [-0.2, -0.15) is 5.10 Å². The number of ether oxygens (including phenoxy) is 2. The van der Waals surface area contributed by atoms with Gasteiger partial charge in [0, 0.05) is 29.9 Å². The van der Waals surface area contributed by atoms with Crippen LogP contribution in [0.4, 0.5) is 10.5 Å². The standard InChI is InChI=1S/C23H30IN5O3S/c1-14-11-28(12-15(2)29(14)22(30)32-23(3,4)5)18-8-7-17(24)20-19(18)26-21(33-20)31-13-16-9-10-25-27(16)6/h7-10,14-15H,11-13H2,1-6H3/t14-,15-/m0/s1. The number of halogens is 1. The number of piperazine rings is 1. The Bertz CT molecular complexity index is 1140. The number of nitrogens with zero attached hydrogens (tertiary/aromatic N) is 5. The van der Waals surface area contributed by atoms with E-state index in [4.69, 9.17) is 14.5 Å². The normalized spacial score (nSPS) is 19.2. The molecule has 1 aliphatic heterocycles. The third kappa shape index (κ3) is 5.21. The molecule has 1 aromatic carbocycles. The van der Waals surface area contributed by atoms with Gasteiger partial charge in [-0.1, -0.05) is 11.3 Å². The second kappa shape index (κ2) is 9.28. The van der Waals surface area contributed by atoms with Crippen molar-refractivity contribution in [2.24, 2.45) is 7.05 Å². The highest BCUT2D eigenvalue weighted by atomic mass is 127. The summed E-state index contributed by atoms with van der Waals surface area (Å²) in [4.78, 5) is 21.8. The average molecular weight is 583 g/mol. The quantitative estimate of drug-likeness (QED) is 0.401. The summed E-state index contributed by atoms with van der Waals surface area (Å²) in [5.74, 6) is 0. The number of benzene rings is 1. The molecule has 10 heteroatoms. The monoisotopic (exact) mass is 583 g/mol. The van der Waals surface area contributed by atoms with Gasteiger partial charge in [0.2, 0.25) is 0 Å². The van der Waals surface area contributed by atoms with Gasteiger partial charge in [0.15, 0.2) is 0 Å². The number of aryl methyl sites for hydroxylation is 1. The van der Waals surface area contributed by atoms with Gasteiger partial charge in [0.05, 0.1) is 28.2 Å². The van der Waals surface area contributed by atoms with Crippen LogP contribution in [0.1, 0.15) is 40.3 Å². The van der Waals surface area contributed by atoms with Crippen LogP contribution in [0.25, 0.3) is 10.2 Å². The molecule has 2 aromatic heterocycles. The molecule has 0 radical (unpaired) electrons. The van der Waals surface area contributed by atoms with Crippen molar-refractivity contribution in [1.82, 2.24) is 19.7 Å². The zero-order chi connectivity index (χ0) is 23.9. The number of anilines is 1. The summed E-state index contributed by atoms with van der Waals surface area (Å²) in [6.07, 6.45) is 1.51. The van der Waals surface area contributed by atoms with Gasteiger partial charge < -0.3 is 14.4 Å². The molecule has 33 heavy (non-hydrogen) atoms. The van der Waals surface area contributed by atoms with Crippen LogP contribution in [0.15, 0.2) is 24.4 Å². The van der Waals surface area contributed by atoms with E-state index in [1.807, 2.05) is 38.8 Å². The second-order valence-electron chi connectivity index (χ2n) is 9.45. The average Bonchev–Trinajstić information content (AvgIpc) is 3.31. The molecule has 1 amide bonds. The van der Waals surface area contributed by atoms with Gasteiger partial charge in [-0.15, -0.1) is 0 Å². The molecule has 3 aromatic rings. The molecule has 0 spiro atoms. The van der Waals surface area contributed by atoms with E-state index in [-0.39, 0.29) is 18.2 Å². The van der Waals surface area contributed by atoms with Gasteiger partial charge >= 0.3 is 6.09 Å². The summed E-state index contributed by atoms with van der Waals surface area (Å²) >= 11 is 3.91. The predicted octanol–water partition coefficient (Wildman–Crippen LogP) is 5.05. The molecule has 0 N–H and O–H groups in total. The van der Waals surface area contributed by atoms with Crippen molar-refractivity contribution in [3.05, 3.63) is 33.7 Å². The Morgan fingerprint density at radius 2 is 1.91 bits per heavy atom. The van der Waals surface area contributed by atoms with Crippen LogP contribution in [-0.2, 0) is 18.4 Å². The largest absolute Gasteiger partial charge is 0.464 e. The van der Waals surface area contributed by atoms with Gasteiger partial charge in [0.1, 0.15) is 17.7 Å². The topological polar surface area (TPSA) is 72.7 Å². The van der Waals surface area contributed by atoms with E-state index >= 15 is 0 Å². The van der Waals surface area contributed by atoms with Crippen molar-refractivity contribution in [2.45, 2.75) is 58.9 Å². The molecule has 0 unspecified atom stereocenters. The summed E-state index contributed by atoms with van der Waals surface area (Å²) in [6.45, 7) is 11.7. The Morgan fingerprint density at radius 1 is 1.21 bits per heavy atom. The molecule has 2 atom stereocenters. The number of carbonyl (C=O) groups excluding carboxylic acids is 1. The minimum Gasteiger partial charge on any atom is -0.464 e. The summed E-state index contributed by atoms with van der Waals surface area (Å²) in [6, 6.07) is 6.21. The lowest BCUT2D eigenvalue weighted by molar-refractivity contribution is 0.00568. The minimum atomic E-state index is -0.511. The Labute approximate surface area is 212 Å². The highest BCUT2D eigenvalue weighted by molar-refractivity contribution is 14.1. The van der Waals surface area contributed by atoms with Crippen LogP contribution in [0.2, 0.25) is 0 Å². The van der Waals surface area contributed by atoms with Crippen LogP contribution in [0.5, 0.6) is 5.19 Å². The number of thiazole rings is 1. The lowest BCUT2D eigenvalue weighted by atomic mass is 10.1. The molecular weight excluding hydrogens is 553 g/mol. The van der Waals surface area contributed by atoms with E-state index in [1.165, 1.54) is 0 Å². The second-order valence-corrected chi connectivity index (χ2v) is 11.6. The zero-order valence-electron chi connectivity index (χ0n) is 19.8. The SMILES string of the molecule is C[C@H]1CN(c2ccc(I)c3sc(OCc4ccnn4C)nc23)C[C@H](C)N1C(=O)OC(C)(C)C. The van der Waals surface area contributed by atoms with E-state index < -0.39 is 5.60 Å². The highest BCUT2D eigenvalue weighted by Crippen LogP contribution is 2.38. The summed E-state index contributed by atoms with van der Waals surface area (Å²) in [5, 5.41) is 4.83. The fourth-order valence-corrected chi connectivity index (χ4v) is 5.74. The van der Waals surface area contributed by atoms with Crippen LogP contribution in [0, 0.1) is 3.57 Å². The summed E-state index contributed by atoms with van der Waals surface area (Å²) in [5.41, 5.74) is 2.49. The van der Waals surface area contributed by atoms with E-state index in [9.17, 15) is 4.79 Å². The Morgan fingerprint density at radius 3 is 2.52 bits per heavy atom. The van der Waals surface area contributed by atoms with Crippen molar-refractivity contribution >= 4 is 55.9 Å². The number of hydrogen-bond donors (Lipinski definition) is 0. The summed E-state index contributed by atoms with van der Waals surface area (Å²) < 4.78 is 15.7. The fourth-order valence-electron chi connectivity index (χ4n) is 4.13. The first-order chi connectivity index (χ1) is 15.5. The molecule has 178 valence electrons. The van der Waals surface area contributed by atoms with Gasteiger partial charge in [0.25, 0.3) is 5.19 Å². The van der Waals surface area contributed by atoms with Crippen molar-refractivity contribution in [2.75, 3.05) is 18.0 Å². The molecule has 1 fully saturated rings. The maximum Gasteiger partial charge on any atom is 0.410 e. The van der Waals surface area contributed by atoms with Crippen molar-refractivity contribution in [1.29, 1.82) is 0 Å². The molecule has 3 heterocycles. The first-order valence-corrected chi connectivity index (χ1v) is 12.9. The maximum absolute atomic E-state index is 12.8. The highest BCUT2D eigenvalue weighted by Gasteiger charge is 2.36. The van der Waals surface area contributed by atoms with E-state index in [0.29, 0.717) is 24.9 Å². The molecule has 4 rings (SSSR count). The minimum absolute atomic E-state index is 0.0112. The number of aromatic nitrogens is 3. The number of fused-ring (bicyclic) bond motifs is 1. The molecule has 0 saturated carbocycles. The van der Waals surface area contributed by atoms with E-state index in [1.54, 1.807) is 22.2 Å². The lowest BCUT2D eigenvalue weighted by Crippen LogP contribution is -2.59. The number of carbonyl (C=O) groups is 1. The van der Waals surface area contributed by atoms with Gasteiger partial charge in [-0.3, -0.25) is 9.58 Å². The first kappa shape index (κ1) is 24.1. The van der Waals surface area contributed by atoms with Crippen LogP contribution in [-0.4, -0.2) is 56.5 Å². The lowest BCUT2D eigenvalue weighted by Gasteiger charge is -2.45. The third-order valence-corrected chi connectivity index (χ3v) is 7.85. The molecule has 0 bridgehead atoms. The summed E-state index contributed by atoms with van der Waals surface area (Å²) in [7, 11) is 1.90. The molecular formula is C23H30IN5O3S. The van der Waals surface area contributed by atoms with Crippen molar-refractivity contribution in [3.63, 3.8) is 0 Å². The molecule has 1 saturated heterocycles. The Kier molecular flexibility index (Phi) is 6.77. The predicted molar refractivity (Wildman–Crippen MR) is 139 cm³/mol. The number of amides is 1. The maximum atomic E-state index is 12.8. The van der Waals surface area contributed by atoms with Crippen LogP contribution < -0.4 is 9.64 Å². The smallest absolute Gasteiger partial charge is 0.410 e. The fraction of sp³-hybridized carbons (Fsp3) is 0.522. The number of rotatable bonds is 4.